The smallest absolute Gasteiger partial charge is 0.200 e. The van der Waals surface area contributed by atoms with Crippen LogP contribution in [-0.4, -0.2) is 20.0 Å². The quantitative estimate of drug-likeness (QED) is 0.332. The first-order valence-electron chi connectivity index (χ1n) is 7.96. The fourth-order valence-corrected chi connectivity index (χ4v) is 4.21. The molecule has 3 rings (SSSR count). The van der Waals surface area contributed by atoms with Gasteiger partial charge in [-0.3, -0.25) is 4.79 Å². The van der Waals surface area contributed by atoms with Crippen molar-refractivity contribution in [1.29, 1.82) is 0 Å². The SMILES string of the molecule is C=C(C(=O)c1c(OC)ccc(-c2cccs2)c1OC)c1c(Cl)cccc1Cl. The van der Waals surface area contributed by atoms with Gasteiger partial charge >= 0.3 is 0 Å². The summed E-state index contributed by atoms with van der Waals surface area (Å²) in [5.41, 5.74) is 1.66. The third-order valence-electron chi connectivity index (χ3n) is 4.10. The second-order valence-electron chi connectivity index (χ2n) is 5.61. The highest BCUT2D eigenvalue weighted by molar-refractivity contribution is 7.13. The van der Waals surface area contributed by atoms with Crippen LogP contribution in [0.4, 0.5) is 0 Å². The molecule has 0 amide bonds. The molecule has 2 aromatic carbocycles. The Morgan fingerprint density at radius 1 is 0.963 bits per heavy atom. The standard InChI is InChI=1S/C21H16Cl2O3S/c1-12(18-14(22)6-4-7-15(18)23)20(24)19-16(25-2)10-9-13(21(19)26-3)17-8-5-11-27-17/h4-11H,1H2,2-3H3. The van der Waals surface area contributed by atoms with Crippen molar-refractivity contribution >= 4 is 45.9 Å². The predicted octanol–water partition coefficient (Wildman–Crippen LogP) is 6.64. The summed E-state index contributed by atoms with van der Waals surface area (Å²) in [5, 5.41) is 2.67. The van der Waals surface area contributed by atoms with E-state index in [1.165, 1.54) is 14.2 Å². The number of hydrogen-bond donors (Lipinski definition) is 0. The van der Waals surface area contributed by atoms with Crippen LogP contribution in [0.2, 0.25) is 10.0 Å². The maximum Gasteiger partial charge on any atom is 0.200 e. The number of benzene rings is 2. The van der Waals surface area contributed by atoms with Crippen molar-refractivity contribution in [3.63, 3.8) is 0 Å². The van der Waals surface area contributed by atoms with Gasteiger partial charge in [-0.2, -0.15) is 0 Å². The molecule has 3 aromatic rings. The minimum absolute atomic E-state index is 0.172. The van der Waals surface area contributed by atoms with Crippen molar-refractivity contribution in [1.82, 2.24) is 0 Å². The largest absolute Gasteiger partial charge is 0.496 e. The molecule has 0 saturated carbocycles. The molecule has 0 spiro atoms. The van der Waals surface area contributed by atoms with E-state index in [0.29, 0.717) is 27.1 Å². The molecule has 0 aliphatic rings. The summed E-state index contributed by atoms with van der Waals surface area (Å²) in [7, 11) is 3.02. The number of Topliss-reactive ketones (excluding diaryl/α,β-unsaturated/α-hetero) is 1. The first kappa shape index (κ1) is 19.5. The second-order valence-corrected chi connectivity index (χ2v) is 7.37. The molecular formula is C21H16Cl2O3S. The normalized spacial score (nSPS) is 10.5. The molecule has 3 nitrogen and oxygen atoms in total. The van der Waals surface area contributed by atoms with E-state index in [9.17, 15) is 4.79 Å². The minimum Gasteiger partial charge on any atom is -0.496 e. The number of rotatable bonds is 6. The molecule has 1 aromatic heterocycles. The molecule has 0 unspecified atom stereocenters. The van der Waals surface area contributed by atoms with Crippen LogP contribution >= 0.6 is 34.5 Å². The average molecular weight is 419 g/mol. The number of halogens is 2. The molecule has 0 atom stereocenters. The van der Waals surface area contributed by atoms with Crippen molar-refractivity contribution < 1.29 is 14.3 Å². The summed E-state index contributed by atoms with van der Waals surface area (Å²) >= 11 is 14.1. The van der Waals surface area contributed by atoms with Crippen LogP contribution in [0.3, 0.4) is 0 Å². The van der Waals surface area contributed by atoms with E-state index in [4.69, 9.17) is 32.7 Å². The van der Waals surface area contributed by atoms with E-state index in [-0.39, 0.29) is 16.9 Å². The van der Waals surface area contributed by atoms with Gasteiger partial charge in [0.1, 0.15) is 17.1 Å². The Morgan fingerprint density at radius 3 is 2.22 bits per heavy atom. The molecule has 6 heteroatoms. The van der Waals surface area contributed by atoms with Gasteiger partial charge in [-0.05, 0) is 35.7 Å². The minimum atomic E-state index is -0.364. The number of methoxy groups -OCH3 is 2. The Labute approximate surface area is 171 Å². The zero-order valence-electron chi connectivity index (χ0n) is 14.7. The molecule has 138 valence electrons. The Kier molecular flexibility index (Phi) is 5.90. The fraction of sp³-hybridized carbons (Fsp3) is 0.0952. The maximum atomic E-state index is 13.4. The van der Waals surface area contributed by atoms with E-state index >= 15 is 0 Å². The molecule has 0 aliphatic heterocycles. The van der Waals surface area contributed by atoms with Crippen LogP contribution < -0.4 is 9.47 Å². The topological polar surface area (TPSA) is 35.5 Å². The molecule has 0 radical (unpaired) electrons. The lowest BCUT2D eigenvalue weighted by molar-refractivity contribution is 0.105. The number of ketones is 1. The molecular weight excluding hydrogens is 403 g/mol. The lowest BCUT2D eigenvalue weighted by atomic mass is 9.94. The van der Waals surface area contributed by atoms with Crippen molar-refractivity contribution in [2.24, 2.45) is 0 Å². The zero-order valence-corrected chi connectivity index (χ0v) is 17.0. The van der Waals surface area contributed by atoms with Crippen LogP contribution in [0.5, 0.6) is 11.5 Å². The van der Waals surface area contributed by atoms with Crippen LogP contribution in [0.1, 0.15) is 15.9 Å². The van der Waals surface area contributed by atoms with Crippen LogP contribution in [0.25, 0.3) is 16.0 Å². The van der Waals surface area contributed by atoms with Gasteiger partial charge in [0, 0.05) is 21.6 Å². The van der Waals surface area contributed by atoms with Crippen LogP contribution in [0.15, 0.2) is 54.4 Å². The summed E-state index contributed by atoms with van der Waals surface area (Å²) in [4.78, 5) is 14.3. The lowest BCUT2D eigenvalue weighted by Gasteiger charge is -2.17. The first-order chi connectivity index (χ1) is 13.0. The maximum absolute atomic E-state index is 13.4. The summed E-state index contributed by atoms with van der Waals surface area (Å²) in [5.74, 6) is 0.449. The van der Waals surface area contributed by atoms with Crippen molar-refractivity contribution in [3.05, 3.63) is 75.6 Å². The molecule has 0 saturated heterocycles. The second kappa shape index (κ2) is 8.17. The molecule has 0 fully saturated rings. The van der Waals surface area contributed by atoms with Gasteiger partial charge in [0.05, 0.1) is 24.3 Å². The third kappa shape index (κ3) is 3.61. The summed E-state index contributed by atoms with van der Waals surface area (Å²) in [6.45, 7) is 3.94. The molecule has 0 bridgehead atoms. The van der Waals surface area contributed by atoms with Crippen molar-refractivity contribution in [2.45, 2.75) is 0 Å². The van der Waals surface area contributed by atoms with Crippen LogP contribution in [0, 0.1) is 0 Å². The Morgan fingerprint density at radius 2 is 1.67 bits per heavy atom. The number of thiophene rings is 1. The van der Waals surface area contributed by atoms with Gasteiger partial charge in [0.15, 0.2) is 0 Å². The van der Waals surface area contributed by atoms with E-state index < -0.39 is 0 Å². The average Bonchev–Trinajstić information content (AvgIpc) is 3.20. The lowest BCUT2D eigenvalue weighted by Crippen LogP contribution is -2.08. The molecule has 0 N–H and O–H groups in total. The monoisotopic (exact) mass is 418 g/mol. The van der Waals surface area contributed by atoms with Crippen molar-refractivity contribution in [2.75, 3.05) is 14.2 Å². The Hall–Kier alpha value is -2.27. The highest BCUT2D eigenvalue weighted by Gasteiger charge is 2.26. The zero-order chi connectivity index (χ0) is 19.6. The molecule has 0 aliphatic carbocycles. The summed E-state index contributed by atoms with van der Waals surface area (Å²) in [6.07, 6.45) is 0. The van der Waals surface area contributed by atoms with E-state index in [0.717, 1.165) is 10.4 Å². The fourth-order valence-electron chi connectivity index (χ4n) is 2.84. The number of carbonyl (C=O) groups excluding carboxylic acids is 1. The third-order valence-corrected chi connectivity index (χ3v) is 5.63. The summed E-state index contributed by atoms with van der Waals surface area (Å²) < 4.78 is 11.0. The molecule has 27 heavy (non-hydrogen) atoms. The van der Waals surface area contributed by atoms with Gasteiger partial charge in [0.2, 0.25) is 5.78 Å². The van der Waals surface area contributed by atoms with Gasteiger partial charge < -0.3 is 9.47 Å². The van der Waals surface area contributed by atoms with Crippen molar-refractivity contribution in [3.8, 4) is 21.9 Å². The van der Waals surface area contributed by atoms with Crippen LogP contribution in [-0.2, 0) is 0 Å². The van der Waals surface area contributed by atoms with Gasteiger partial charge in [-0.1, -0.05) is 41.9 Å². The Balaban J connectivity index is 2.19. The van der Waals surface area contributed by atoms with E-state index in [1.54, 1.807) is 35.6 Å². The van der Waals surface area contributed by atoms with Gasteiger partial charge in [-0.25, -0.2) is 0 Å². The number of carbonyl (C=O) groups is 1. The number of allylic oxidation sites excluding steroid dienone is 1. The predicted molar refractivity (Wildman–Crippen MR) is 113 cm³/mol. The highest BCUT2D eigenvalue weighted by Crippen LogP contribution is 2.43. The summed E-state index contributed by atoms with van der Waals surface area (Å²) in [6, 6.07) is 12.6. The van der Waals surface area contributed by atoms with Gasteiger partial charge in [-0.15, -0.1) is 11.3 Å². The van der Waals surface area contributed by atoms with Gasteiger partial charge in [0.25, 0.3) is 0 Å². The number of ether oxygens (including phenoxy) is 2. The van der Waals surface area contributed by atoms with E-state index in [1.807, 2.05) is 23.6 Å². The highest BCUT2D eigenvalue weighted by atomic mass is 35.5. The number of hydrogen-bond acceptors (Lipinski definition) is 4. The first-order valence-corrected chi connectivity index (χ1v) is 9.60. The molecule has 1 heterocycles. The van der Waals surface area contributed by atoms with E-state index in [2.05, 4.69) is 6.58 Å². The Bertz CT molecular complexity index is 990.